The Hall–Kier alpha value is -2.20. The molecule has 2 aromatic rings. The zero-order valence-corrected chi connectivity index (χ0v) is 14.3. The zero-order chi connectivity index (χ0) is 16.6. The molecule has 4 nitrogen and oxygen atoms in total. The molecule has 0 atom stereocenters. The van der Waals surface area contributed by atoms with E-state index in [0.29, 0.717) is 19.3 Å². The monoisotopic (exact) mass is 326 g/mol. The van der Waals surface area contributed by atoms with Crippen LogP contribution in [0.15, 0.2) is 48.5 Å². The van der Waals surface area contributed by atoms with Gasteiger partial charge >= 0.3 is 0 Å². The molecule has 1 aliphatic rings. The van der Waals surface area contributed by atoms with E-state index in [9.17, 15) is 0 Å². The lowest BCUT2D eigenvalue weighted by atomic mass is 10.2. The fraction of sp³-hybridized carbons (Fsp3) is 0.400. The molecule has 0 heterocycles. The van der Waals surface area contributed by atoms with Crippen LogP contribution >= 0.6 is 0 Å². The van der Waals surface area contributed by atoms with E-state index < -0.39 is 0 Å². The normalized spacial score (nSPS) is 14.5. The quantitative estimate of drug-likeness (QED) is 0.700. The molecule has 24 heavy (non-hydrogen) atoms. The summed E-state index contributed by atoms with van der Waals surface area (Å²) in [5, 5.41) is 0. The number of anilines is 1. The Morgan fingerprint density at radius 2 is 1.79 bits per heavy atom. The minimum absolute atomic E-state index is 0.341. The first kappa shape index (κ1) is 16.7. The van der Waals surface area contributed by atoms with Gasteiger partial charge in [0.2, 0.25) is 0 Å². The molecule has 0 unspecified atom stereocenters. The molecule has 128 valence electrons. The Balaban J connectivity index is 1.60. The predicted molar refractivity (Wildman–Crippen MR) is 97.4 cm³/mol. The number of rotatable bonds is 8. The number of para-hydroxylation sites is 1. The summed E-state index contributed by atoms with van der Waals surface area (Å²) in [5.41, 5.74) is 8.63. The number of hydrazine groups is 1. The van der Waals surface area contributed by atoms with Crippen LogP contribution in [0.3, 0.4) is 0 Å². The standard InChI is InChI=1S/C20H26N2O2/c1-2-23-20-14-16(15-21-22-17-8-4-3-5-9-17)12-13-19(20)24-18-10-6-7-11-18/h3-5,8-9,12-14,18,21-22H,2,6-7,10-11,15H2,1H3. The largest absolute Gasteiger partial charge is 0.490 e. The maximum Gasteiger partial charge on any atom is 0.161 e. The molecule has 0 amide bonds. The molecule has 0 radical (unpaired) electrons. The van der Waals surface area contributed by atoms with Crippen LogP contribution in [-0.2, 0) is 6.54 Å². The molecular weight excluding hydrogens is 300 g/mol. The lowest BCUT2D eigenvalue weighted by Crippen LogP contribution is -2.20. The van der Waals surface area contributed by atoms with Gasteiger partial charge in [-0.2, -0.15) is 0 Å². The molecule has 0 spiro atoms. The maximum atomic E-state index is 6.13. The molecule has 1 aliphatic carbocycles. The fourth-order valence-corrected chi connectivity index (χ4v) is 2.98. The van der Waals surface area contributed by atoms with Crippen molar-refractivity contribution in [3.63, 3.8) is 0 Å². The predicted octanol–water partition coefficient (Wildman–Crippen LogP) is 4.52. The highest BCUT2D eigenvalue weighted by molar-refractivity contribution is 5.44. The topological polar surface area (TPSA) is 42.5 Å². The molecule has 1 fully saturated rings. The Morgan fingerprint density at radius 1 is 1.00 bits per heavy atom. The number of benzene rings is 2. The number of hydrogen-bond acceptors (Lipinski definition) is 4. The minimum Gasteiger partial charge on any atom is -0.490 e. The van der Waals surface area contributed by atoms with E-state index >= 15 is 0 Å². The van der Waals surface area contributed by atoms with Crippen molar-refractivity contribution in [1.29, 1.82) is 0 Å². The Labute approximate surface area is 144 Å². The molecule has 1 saturated carbocycles. The summed E-state index contributed by atoms with van der Waals surface area (Å²) in [4.78, 5) is 0. The van der Waals surface area contributed by atoms with Gasteiger partial charge < -0.3 is 14.9 Å². The molecular formula is C20H26N2O2. The van der Waals surface area contributed by atoms with E-state index in [1.54, 1.807) is 0 Å². The minimum atomic E-state index is 0.341. The van der Waals surface area contributed by atoms with Crippen molar-refractivity contribution < 1.29 is 9.47 Å². The lowest BCUT2D eigenvalue weighted by molar-refractivity contribution is 0.196. The van der Waals surface area contributed by atoms with Gasteiger partial charge in [0.05, 0.1) is 12.7 Å². The number of hydrogen-bond donors (Lipinski definition) is 2. The highest BCUT2D eigenvalue weighted by Gasteiger charge is 2.18. The van der Waals surface area contributed by atoms with E-state index in [2.05, 4.69) is 23.0 Å². The SMILES string of the molecule is CCOc1cc(CNNc2ccccc2)ccc1OC1CCCC1. The van der Waals surface area contributed by atoms with Crippen molar-refractivity contribution in [2.75, 3.05) is 12.0 Å². The van der Waals surface area contributed by atoms with Gasteiger partial charge in [-0.1, -0.05) is 24.3 Å². The number of ether oxygens (including phenoxy) is 2. The van der Waals surface area contributed by atoms with Crippen molar-refractivity contribution in [2.45, 2.75) is 45.3 Å². The van der Waals surface area contributed by atoms with Crippen molar-refractivity contribution >= 4 is 5.69 Å². The average Bonchev–Trinajstić information content (AvgIpc) is 3.11. The summed E-state index contributed by atoms with van der Waals surface area (Å²) in [5.74, 6) is 1.70. The molecule has 3 rings (SSSR count). The van der Waals surface area contributed by atoms with Gasteiger partial charge in [-0.25, -0.2) is 5.43 Å². The molecule has 2 aromatic carbocycles. The van der Waals surface area contributed by atoms with Gasteiger partial charge in [0.1, 0.15) is 0 Å². The Kier molecular flexibility index (Phi) is 5.96. The number of nitrogens with one attached hydrogen (secondary N) is 2. The summed E-state index contributed by atoms with van der Waals surface area (Å²) < 4.78 is 11.9. The first-order valence-electron chi connectivity index (χ1n) is 8.81. The zero-order valence-electron chi connectivity index (χ0n) is 14.3. The molecule has 0 aromatic heterocycles. The van der Waals surface area contributed by atoms with Crippen LogP contribution in [0.5, 0.6) is 11.5 Å². The first-order valence-corrected chi connectivity index (χ1v) is 8.81. The van der Waals surface area contributed by atoms with E-state index in [0.717, 1.165) is 35.6 Å². The van der Waals surface area contributed by atoms with E-state index in [-0.39, 0.29) is 0 Å². The molecule has 0 aliphatic heterocycles. The van der Waals surface area contributed by atoms with Crippen LogP contribution < -0.4 is 20.3 Å². The fourth-order valence-electron chi connectivity index (χ4n) is 2.98. The van der Waals surface area contributed by atoms with Gasteiger partial charge in [0, 0.05) is 12.2 Å². The van der Waals surface area contributed by atoms with E-state index in [1.807, 2.05) is 43.3 Å². The third-order valence-corrected chi connectivity index (χ3v) is 4.20. The smallest absolute Gasteiger partial charge is 0.161 e. The average molecular weight is 326 g/mol. The van der Waals surface area contributed by atoms with Crippen molar-refractivity contribution in [3.8, 4) is 11.5 Å². The van der Waals surface area contributed by atoms with Crippen LogP contribution in [-0.4, -0.2) is 12.7 Å². The van der Waals surface area contributed by atoms with Crippen LogP contribution in [0.4, 0.5) is 5.69 Å². The van der Waals surface area contributed by atoms with Crippen LogP contribution in [0.25, 0.3) is 0 Å². The third-order valence-electron chi connectivity index (χ3n) is 4.20. The van der Waals surface area contributed by atoms with Crippen molar-refractivity contribution in [3.05, 3.63) is 54.1 Å². The summed E-state index contributed by atoms with van der Waals surface area (Å²) in [7, 11) is 0. The van der Waals surface area contributed by atoms with E-state index in [1.165, 1.54) is 12.8 Å². The second-order valence-corrected chi connectivity index (χ2v) is 6.08. The second-order valence-electron chi connectivity index (χ2n) is 6.08. The molecule has 2 N–H and O–H groups in total. The van der Waals surface area contributed by atoms with E-state index in [4.69, 9.17) is 9.47 Å². The van der Waals surface area contributed by atoms with Crippen molar-refractivity contribution in [2.24, 2.45) is 0 Å². The van der Waals surface area contributed by atoms with Gasteiger partial charge in [-0.3, -0.25) is 0 Å². The maximum absolute atomic E-state index is 6.13. The molecule has 0 bridgehead atoms. The highest BCUT2D eigenvalue weighted by atomic mass is 16.5. The highest BCUT2D eigenvalue weighted by Crippen LogP contribution is 2.32. The third kappa shape index (κ3) is 4.65. The summed E-state index contributed by atoms with van der Waals surface area (Å²) in [6.45, 7) is 3.35. The molecule has 4 heteroatoms. The van der Waals surface area contributed by atoms with Crippen LogP contribution in [0, 0.1) is 0 Å². The first-order chi connectivity index (χ1) is 11.8. The van der Waals surface area contributed by atoms with Crippen LogP contribution in [0.1, 0.15) is 38.2 Å². The second kappa shape index (κ2) is 8.60. The van der Waals surface area contributed by atoms with Gasteiger partial charge in [-0.15, -0.1) is 0 Å². The summed E-state index contributed by atoms with van der Waals surface area (Å²) in [6, 6.07) is 16.2. The lowest BCUT2D eigenvalue weighted by Gasteiger charge is -2.17. The Morgan fingerprint density at radius 3 is 2.54 bits per heavy atom. The van der Waals surface area contributed by atoms with Crippen molar-refractivity contribution in [1.82, 2.24) is 5.43 Å². The molecule has 0 saturated heterocycles. The van der Waals surface area contributed by atoms with Crippen LogP contribution in [0.2, 0.25) is 0 Å². The van der Waals surface area contributed by atoms with Gasteiger partial charge in [-0.05, 0) is 62.4 Å². The van der Waals surface area contributed by atoms with Gasteiger partial charge in [0.25, 0.3) is 0 Å². The summed E-state index contributed by atoms with van der Waals surface area (Å²) in [6.07, 6.45) is 5.17. The van der Waals surface area contributed by atoms with Gasteiger partial charge in [0.15, 0.2) is 11.5 Å². The summed E-state index contributed by atoms with van der Waals surface area (Å²) >= 11 is 0. The Bertz CT molecular complexity index is 625.